The number of aromatic hydroxyl groups is 1. The van der Waals surface area contributed by atoms with Crippen LogP contribution in [0.1, 0.15) is 0 Å². The average Bonchev–Trinajstić information content (AvgIpc) is 2.52. The summed E-state index contributed by atoms with van der Waals surface area (Å²) < 4.78 is 0. The first-order valence-electron chi connectivity index (χ1n) is 6.20. The first-order valence-corrected chi connectivity index (χ1v) is 6.20. The Morgan fingerprint density at radius 3 is 2.10 bits per heavy atom. The van der Waals surface area contributed by atoms with Crippen molar-refractivity contribution in [2.45, 2.75) is 0 Å². The molecule has 0 atom stereocenters. The van der Waals surface area contributed by atoms with Gasteiger partial charge < -0.3 is 10.4 Å². The molecule has 4 nitrogen and oxygen atoms in total. The number of benzene rings is 2. The molecule has 0 spiro atoms. The van der Waals surface area contributed by atoms with E-state index in [1.807, 2.05) is 48.5 Å². The van der Waals surface area contributed by atoms with Crippen LogP contribution in [0.25, 0.3) is 0 Å². The van der Waals surface area contributed by atoms with E-state index in [1.54, 1.807) is 12.1 Å². The van der Waals surface area contributed by atoms with Crippen molar-refractivity contribution in [3.8, 4) is 5.75 Å². The Balaban J connectivity index is 1.93. The smallest absolute Gasteiger partial charge is 0.235 e. The molecule has 0 fully saturated rings. The Morgan fingerprint density at radius 2 is 1.50 bits per heavy atom. The van der Waals surface area contributed by atoms with E-state index >= 15 is 0 Å². The number of para-hydroxylation sites is 2. The van der Waals surface area contributed by atoms with E-state index in [0.717, 1.165) is 5.69 Å². The third-order valence-corrected chi connectivity index (χ3v) is 2.94. The van der Waals surface area contributed by atoms with Gasteiger partial charge in [0.25, 0.3) is 0 Å². The van der Waals surface area contributed by atoms with E-state index in [-0.39, 0.29) is 22.2 Å². The fourth-order valence-electron chi connectivity index (χ4n) is 1.91. The van der Waals surface area contributed by atoms with Crippen molar-refractivity contribution >= 4 is 17.1 Å². The van der Waals surface area contributed by atoms with Crippen LogP contribution in [-0.2, 0) is 0 Å². The van der Waals surface area contributed by atoms with Crippen LogP contribution in [0.5, 0.6) is 5.75 Å². The topological polar surface area (TPSA) is 61.7 Å². The van der Waals surface area contributed by atoms with E-state index in [4.69, 9.17) is 0 Å². The molecule has 0 unspecified atom stereocenters. The summed E-state index contributed by atoms with van der Waals surface area (Å²) in [6.45, 7) is 0. The number of rotatable bonds is 3. The van der Waals surface area contributed by atoms with Gasteiger partial charge in [-0.15, -0.1) is 0 Å². The molecule has 0 aliphatic heterocycles. The monoisotopic (exact) mass is 264 g/mol. The van der Waals surface area contributed by atoms with Gasteiger partial charge in [-0.25, -0.2) is 4.99 Å². The Kier molecular flexibility index (Phi) is 3.05. The Bertz CT molecular complexity index is 802. The summed E-state index contributed by atoms with van der Waals surface area (Å²) in [6.07, 6.45) is 0. The normalized spacial score (nSPS) is 11.7. The van der Waals surface area contributed by atoms with Gasteiger partial charge in [0.2, 0.25) is 5.43 Å². The summed E-state index contributed by atoms with van der Waals surface area (Å²) in [5.74, 6) is -0.0947. The van der Waals surface area contributed by atoms with Crippen molar-refractivity contribution in [3.05, 3.63) is 76.2 Å². The van der Waals surface area contributed by atoms with Crippen LogP contribution in [0.4, 0.5) is 17.1 Å². The lowest BCUT2D eigenvalue weighted by molar-refractivity contribution is 0.464. The van der Waals surface area contributed by atoms with Gasteiger partial charge in [-0.2, -0.15) is 0 Å². The molecule has 3 aromatic carbocycles. The Morgan fingerprint density at radius 1 is 0.900 bits per heavy atom. The molecule has 0 amide bonds. The van der Waals surface area contributed by atoms with Crippen molar-refractivity contribution < 1.29 is 5.11 Å². The van der Waals surface area contributed by atoms with E-state index in [0.29, 0.717) is 5.69 Å². The van der Waals surface area contributed by atoms with Gasteiger partial charge in [0.1, 0.15) is 5.69 Å². The summed E-state index contributed by atoms with van der Waals surface area (Å²) >= 11 is 0. The average molecular weight is 264 g/mol. The molecule has 3 rings (SSSR count). The van der Waals surface area contributed by atoms with Gasteiger partial charge in [0.15, 0.2) is 11.1 Å². The molecule has 3 aromatic rings. The molecule has 0 bridgehead atoms. The van der Waals surface area contributed by atoms with E-state index in [1.165, 1.54) is 0 Å². The first kappa shape index (κ1) is 12.2. The highest BCUT2D eigenvalue weighted by Gasteiger charge is 2.18. The molecule has 0 aliphatic rings. The van der Waals surface area contributed by atoms with Gasteiger partial charge in [-0.05, 0) is 24.3 Å². The molecule has 4 heteroatoms. The number of nitrogens with one attached hydrogen (secondary N) is 1. The number of hydrogen-bond acceptors (Lipinski definition) is 4. The summed E-state index contributed by atoms with van der Waals surface area (Å²) in [6, 6.07) is 18.3. The molecule has 2 N–H and O–H groups in total. The Hall–Kier alpha value is -2.88. The van der Waals surface area contributed by atoms with Gasteiger partial charge in [0.05, 0.1) is 5.69 Å². The van der Waals surface area contributed by atoms with Crippen LogP contribution in [0, 0.1) is 0 Å². The van der Waals surface area contributed by atoms with E-state index in [9.17, 15) is 9.90 Å². The molecule has 0 aromatic heterocycles. The molecule has 0 aliphatic carbocycles. The summed E-state index contributed by atoms with van der Waals surface area (Å²) in [7, 11) is 0. The predicted molar refractivity (Wildman–Crippen MR) is 78.1 cm³/mol. The highest BCUT2D eigenvalue weighted by atomic mass is 16.3. The lowest BCUT2D eigenvalue weighted by atomic mass is 10.2. The maximum absolute atomic E-state index is 12.0. The molecule has 20 heavy (non-hydrogen) atoms. The fourth-order valence-corrected chi connectivity index (χ4v) is 1.91. The Labute approximate surface area is 115 Å². The van der Waals surface area contributed by atoms with Gasteiger partial charge >= 0.3 is 0 Å². The van der Waals surface area contributed by atoms with Crippen LogP contribution in [0.2, 0.25) is 0 Å². The third kappa shape index (κ3) is 2.19. The summed E-state index contributed by atoms with van der Waals surface area (Å²) in [4.78, 5) is 16.1. The lowest BCUT2D eigenvalue weighted by Crippen LogP contribution is -2.33. The third-order valence-electron chi connectivity index (χ3n) is 2.94. The van der Waals surface area contributed by atoms with Crippen LogP contribution < -0.4 is 16.1 Å². The molecule has 0 radical (unpaired) electrons. The van der Waals surface area contributed by atoms with Crippen LogP contribution in [0.3, 0.4) is 0 Å². The summed E-state index contributed by atoms with van der Waals surface area (Å²) in [5, 5.41) is 12.9. The molecule has 0 heterocycles. The largest absolute Gasteiger partial charge is 0.504 e. The van der Waals surface area contributed by atoms with Gasteiger partial charge in [-0.1, -0.05) is 36.4 Å². The zero-order valence-electron chi connectivity index (χ0n) is 10.6. The van der Waals surface area contributed by atoms with Crippen molar-refractivity contribution in [3.63, 3.8) is 0 Å². The minimum Gasteiger partial charge on any atom is -0.504 e. The highest BCUT2D eigenvalue weighted by molar-refractivity contribution is 5.69. The van der Waals surface area contributed by atoms with Crippen molar-refractivity contribution in [2.24, 2.45) is 4.99 Å². The van der Waals surface area contributed by atoms with Crippen LogP contribution in [-0.4, -0.2) is 5.11 Å². The zero-order valence-corrected chi connectivity index (χ0v) is 10.6. The number of nitrogens with zero attached hydrogens (tertiary/aromatic N) is 1. The first-order chi connectivity index (χ1) is 9.75. The lowest BCUT2D eigenvalue weighted by Gasteiger charge is -2.10. The maximum atomic E-state index is 12.0. The van der Waals surface area contributed by atoms with Crippen LogP contribution in [0.15, 0.2) is 70.5 Å². The van der Waals surface area contributed by atoms with Crippen molar-refractivity contribution in [1.82, 2.24) is 0 Å². The molecular weight excluding hydrogens is 252 g/mol. The number of anilines is 2. The molecule has 0 saturated heterocycles. The number of hydrogen-bond donors (Lipinski definition) is 2. The quantitative estimate of drug-likeness (QED) is 0.764. The van der Waals surface area contributed by atoms with E-state index < -0.39 is 0 Å². The van der Waals surface area contributed by atoms with Crippen molar-refractivity contribution in [2.75, 3.05) is 5.32 Å². The minimum absolute atomic E-state index is 0.0923. The van der Waals surface area contributed by atoms with Gasteiger partial charge in [0, 0.05) is 5.69 Å². The standard InChI is InChI=1S/C16H12N2O2/c19-15-13(17-11-7-3-1-4-8-11)16(20)14(15)18-12-9-5-2-6-10-12/h1-10,17,19H. The zero-order chi connectivity index (χ0) is 13.9. The molecule has 0 saturated carbocycles. The summed E-state index contributed by atoms with van der Waals surface area (Å²) in [5.41, 5.74) is 1.29. The second-order valence-corrected chi connectivity index (χ2v) is 4.34. The maximum Gasteiger partial charge on any atom is 0.235 e. The fraction of sp³-hybridized carbons (Fsp3) is 0. The van der Waals surface area contributed by atoms with Crippen LogP contribution >= 0.6 is 0 Å². The van der Waals surface area contributed by atoms with Gasteiger partial charge in [-0.3, -0.25) is 4.79 Å². The predicted octanol–water partition coefficient (Wildman–Crippen LogP) is 2.60. The highest BCUT2D eigenvalue weighted by Crippen LogP contribution is 2.21. The second kappa shape index (κ2) is 5.01. The molecule has 98 valence electrons. The van der Waals surface area contributed by atoms with Crippen molar-refractivity contribution in [1.29, 1.82) is 0 Å². The SMILES string of the molecule is O=c1c(Nc2ccccc2)c(O)c1=Nc1ccccc1. The second-order valence-electron chi connectivity index (χ2n) is 4.34. The minimum atomic E-state index is -0.282. The molecular formula is C16H12N2O2. The van der Waals surface area contributed by atoms with E-state index in [2.05, 4.69) is 10.3 Å².